The summed E-state index contributed by atoms with van der Waals surface area (Å²) in [6, 6.07) is 3.95. The number of carbonyl (C=O) groups is 1. The van der Waals surface area contributed by atoms with E-state index in [1.165, 1.54) is 0 Å². The van der Waals surface area contributed by atoms with E-state index < -0.39 is 0 Å². The Kier molecular flexibility index (Phi) is 4.74. The van der Waals surface area contributed by atoms with Gasteiger partial charge in [-0.15, -0.1) is 0 Å². The van der Waals surface area contributed by atoms with Crippen LogP contribution in [0.2, 0.25) is 0 Å². The van der Waals surface area contributed by atoms with Crippen LogP contribution in [-0.4, -0.2) is 36.2 Å². The number of nitrogens with one attached hydrogen (secondary N) is 2. The first-order chi connectivity index (χ1) is 9.15. The van der Waals surface area contributed by atoms with Gasteiger partial charge in [-0.25, -0.2) is 4.98 Å². The predicted molar refractivity (Wildman–Crippen MR) is 74.3 cm³/mol. The molecule has 1 unspecified atom stereocenters. The molecule has 1 aliphatic heterocycles. The Bertz CT molecular complexity index is 411. The highest BCUT2D eigenvalue weighted by Crippen LogP contribution is 2.11. The molecule has 0 bridgehead atoms. The Morgan fingerprint density at radius 1 is 1.53 bits per heavy atom. The highest BCUT2D eigenvalue weighted by molar-refractivity contribution is 5.92. The van der Waals surface area contributed by atoms with Gasteiger partial charge in [-0.05, 0) is 38.8 Å². The molecule has 0 spiro atoms. The van der Waals surface area contributed by atoms with Gasteiger partial charge in [0.25, 0.3) is 5.91 Å². The van der Waals surface area contributed by atoms with Crippen molar-refractivity contribution < 1.29 is 9.53 Å². The Morgan fingerprint density at radius 3 is 2.95 bits per heavy atom. The van der Waals surface area contributed by atoms with Crippen LogP contribution >= 0.6 is 0 Å². The number of pyridine rings is 1. The first-order valence-electron chi connectivity index (χ1n) is 6.77. The lowest BCUT2D eigenvalue weighted by atomic mass is 10.2. The topological polar surface area (TPSA) is 63.2 Å². The molecule has 1 aromatic heterocycles. The van der Waals surface area contributed by atoms with Crippen LogP contribution in [0.4, 0.5) is 5.69 Å². The van der Waals surface area contributed by atoms with Crippen molar-refractivity contribution in [3.63, 3.8) is 0 Å². The van der Waals surface area contributed by atoms with Gasteiger partial charge in [-0.1, -0.05) is 0 Å². The number of hydrogen-bond acceptors (Lipinski definition) is 4. The van der Waals surface area contributed by atoms with Gasteiger partial charge in [0.1, 0.15) is 5.69 Å². The first-order valence-corrected chi connectivity index (χ1v) is 6.77. The minimum Gasteiger partial charge on any atom is -0.382 e. The monoisotopic (exact) mass is 263 g/mol. The fraction of sp³-hybridized carbons (Fsp3) is 0.571. The van der Waals surface area contributed by atoms with E-state index in [1.54, 1.807) is 12.3 Å². The third-order valence-electron chi connectivity index (χ3n) is 2.97. The van der Waals surface area contributed by atoms with Crippen molar-refractivity contribution in [2.24, 2.45) is 0 Å². The lowest BCUT2D eigenvalue weighted by Crippen LogP contribution is -2.32. The Balaban J connectivity index is 1.84. The summed E-state index contributed by atoms with van der Waals surface area (Å²) in [5.74, 6) is -0.147. The number of ether oxygens (including phenoxy) is 1. The molecule has 1 aliphatic rings. The molecule has 5 nitrogen and oxygen atoms in total. The fourth-order valence-corrected chi connectivity index (χ4v) is 2.05. The summed E-state index contributed by atoms with van der Waals surface area (Å²) < 4.78 is 5.46. The zero-order valence-corrected chi connectivity index (χ0v) is 11.5. The third-order valence-corrected chi connectivity index (χ3v) is 2.97. The maximum Gasteiger partial charge on any atom is 0.269 e. The summed E-state index contributed by atoms with van der Waals surface area (Å²) in [6.07, 6.45) is 3.94. The molecular weight excluding hydrogens is 242 g/mol. The smallest absolute Gasteiger partial charge is 0.269 e. The molecule has 104 valence electrons. The summed E-state index contributed by atoms with van der Waals surface area (Å²) in [7, 11) is 0. The quantitative estimate of drug-likeness (QED) is 0.850. The lowest BCUT2D eigenvalue weighted by molar-refractivity contribution is 0.0854. The van der Waals surface area contributed by atoms with Crippen molar-refractivity contribution in [2.45, 2.75) is 38.8 Å². The Labute approximate surface area is 113 Å². The first kappa shape index (κ1) is 13.8. The van der Waals surface area contributed by atoms with Crippen LogP contribution in [-0.2, 0) is 4.74 Å². The van der Waals surface area contributed by atoms with Gasteiger partial charge < -0.3 is 15.4 Å². The summed E-state index contributed by atoms with van der Waals surface area (Å²) in [4.78, 5) is 16.0. The molecule has 1 fully saturated rings. The van der Waals surface area contributed by atoms with Gasteiger partial charge in [0, 0.05) is 19.2 Å². The second-order valence-electron chi connectivity index (χ2n) is 5.08. The molecule has 2 heterocycles. The SMILES string of the molecule is CC(C)Nc1ccc(C(=O)NCC2CCCO2)nc1. The normalized spacial score (nSPS) is 18.6. The molecule has 0 aromatic carbocycles. The highest BCUT2D eigenvalue weighted by atomic mass is 16.5. The number of hydrogen-bond donors (Lipinski definition) is 2. The maximum absolute atomic E-state index is 11.9. The second-order valence-corrected chi connectivity index (χ2v) is 5.08. The molecule has 1 saturated heterocycles. The Morgan fingerprint density at radius 2 is 2.37 bits per heavy atom. The Hall–Kier alpha value is -1.62. The molecule has 2 N–H and O–H groups in total. The molecule has 19 heavy (non-hydrogen) atoms. The number of aromatic nitrogens is 1. The van der Waals surface area contributed by atoms with Crippen molar-refractivity contribution in [3.8, 4) is 0 Å². The third kappa shape index (κ3) is 4.21. The minimum atomic E-state index is -0.147. The second kappa shape index (κ2) is 6.52. The largest absolute Gasteiger partial charge is 0.382 e. The van der Waals surface area contributed by atoms with Crippen LogP contribution < -0.4 is 10.6 Å². The fourth-order valence-electron chi connectivity index (χ4n) is 2.05. The van der Waals surface area contributed by atoms with Crippen molar-refractivity contribution in [3.05, 3.63) is 24.0 Å². The summed E-state index contributed by atoms with van der Waals surface area (Å²) >= 11 is 0. The van der Waals surface area contributed by atoms with Gasteiger partial charge in [-0.2, -0.15) is 0 Å². The number of amides is 1. The predicted octanol–water partition coefficient (Wildman–Crippen LogP) is 1.81. The van der Waals surface area contributed by atoms with Gasteiger partial charge in [0.15, 0.2) is 0 Å². The number of carbonyl (C=O) groups excluding carboxylic acids is 1. The molecule has 1 amide bonds. The van der Waals surface area contributed by atoms with Gasteiger partial charge in [0.05, 0.1) is 18.0 Å². The van der Waals surface area contributed by atoms with E-state index in [-0.39, 0.29) is 12.0 Å². The summed E-state index contributed by atoms with van der Waals surface area (Å²) in [5, 5.41) is 6.09. The molecule has 1 aromatic rings. The molecule has 5 heteroatoms. The molecule has 2 rings (SSSR count). The van der Waals surface area contributed by atoms with Crippen LogP contribution in [0.15, 0.2) is 18.3 Å². The van der Waals surface area contributed by atoms with Gasteiger partial charge >= 0.3 is 0 Å². The average Bonchev–Trinajstić information content (AvgIpc) is 2.89. The van der Waals surface area contributed by atoms with Gasteiger partial charge in [-0.3, -0.25) is 4.79 Å². The lowest BCUT2D eigenvalue weighted by Gasteiger charge is -2.11. The number of rotatable bonds is 5. The average molecular weight is 263 g/mol. The van der Waals surface area contributed by atoms with Crippen molar-refractivity contribution >= 4 is 11.6 Å². The van der Waals surface area contributed by atoms with Crippen LogP contribution in [0.25, 0.3) is 0 Å². The maximum atomic E-state index is 11.9. The highest BCUT2D eigenvalue weighted by Gasteiger charge is 2.16. The van der Waals surface area contributed by atoms with Crippen LogP contribution in [0.3, 0.4) is 0 Å². The van der Waals surface area contributed by atoms with Crippen molar-refractivity contribution in [1.29, 1.82) is 0 Å². The van der Waals surface area contributed by atoms with E-state index in [4.69, 9.17) is 4.74 Å². The van der Waals surface area contributed by atoms with E-state index in [0.717, 1.165) is 25.1 Å². The molecule has 0 aliphatic carbocycles. The van der Waals surface area contributed by atoms with Crippen LogP contribution in [0.5, 0.6) is 0 Å². The molecule has 0 radical (unpaired) electrons. The van der Waals surface area contributed by atoms with Crippen LogP contribution in [0.1, 0.15) is 37.2 Å². The zero-order valence-electron chi connectivity index (χ0n) is 11.5. The van der Waals surface area contributed by atoms with Crippen molar-refractivity contribution in [2.75, 3.05) is 18.5 Å². The minimum absolute atomic E-state index is 0.147. The molecule has 1 atom stereocenters. The van der Waals surface area contributed by atoms with E-state index >= 15 is 0 Å². The molecule has 0 saturated carbocycles. The van der Waals surface area contributed by atoms with Gasteiger partial charge in [0.2, 0.25) is 0 Å². The van der Waals surface area contributed by atoms with Crippen molar-refractivity contribution in [1.82, 2.24) is 10.3 Å². The zero-order chi connectivity index (χ0) is 13.7. The summed E-state index contributed by atoms with van der Waals surface area (Å²) in [5.41, 5.74) is 1.36. The van der Waals surface area contributed by atoms with E-state index in [9.17, 15) is 4.79 Å². The van der Waals surface area contributed by atoms with Crippen LogP contribution in [0, 0.1) is 0 Å². The molecular formula is C14H21N3O2. The van der Waals surface area contributed by atoms with E-state index in [2.05, 4.69) is 29.5 Å². The standard InChI is InChI=1S/C14H21N3O2/c1-10(2)17-11-5-6-13(15-8-11)14(18)16-9-12-4-3-7-19-12/h5-6,8,10,12,17H,3-4,7,9H2,1-2H3,(H,16,18). The van der Waals surface area contributed by atoms with E-state index in [0.29, 0.717) is 18.3 Å². The number of nitrogens with zero attached hydrogens (tertiary/aromatic N) is 1. The summed E-state index contributed by atoms with van der Waals surface area (Å²) in [6.45, 7) is 5.48. The van der Waals surface area contributed by atoms with E-state index in [1.807, 2.05) is 6.07 Å². The number of anilines is 1.